The van der Waals surface area contributed by atoms with Crippen molar-refractivity contribution in [3.05, 3.63) is 39.5 Å². The lowest BCUT2D eigenvalue weighted by Crippen LogP contribution is -2.06. The molecule has 0 fully saturated rings. The first-order chi connectivity index (χ1) is 10.8. The van der Waals surface area contributed by atoms with Crippen LogP contribution in [0.5, 0.6) is 5.75 Å². The van der Waals surface area contributed by atoms with Crippen LogP contribution in [0.2, 0.25) is 10.0 Å². The number of methoxy groups -OCH3 is 1. The van der Waals surface area contributed by atoms with E-state index in [0.29, 0.717) is 0 Å². The van der Waals surface area contributed by atoms with E-state index < -0.39 is 39.7 Å². The highest BCUT2D eigenvalue weighted by molar-refractivity contribution is 6.35. The third-order valence-corrected chi connectivity index (χ3v) is 3.58. The summed E-state index contributed by atoms with van der Waals surface area (Å²) < 4.78 is 33.7. The minimum absolute atomic E-state index is 0.0383. The molecular formula is C14H8Cl2F2N2O3. The first kappa shape index (κ1) is 17.1. The molecule has 0 aliphatic rings. The molecule has 0 radical (unpaired) electrons. The van der Waals surface area contributed by atoms with Gasteiger partial charge in [-0.05, 0) is 18.9 Å². The minimum Gasteiger partial charge on any atom is -0.492 e. The summed E-state index contributed by atoms with van der Waals surface area (Å²) in [7, 11) is 1.18. The van der Waals surface area contributed by atoms with Crippen molar-refractivity contribution >= 4 is 41.6 Å². The molecule has 23 heavy (non-hydrogen) atoms. The summed E-state index contributed by atoms with van der Waals surface area (Å²) in [4.78, 5) is 18.1. The number of aromatic nitrogens is 1. The van der Waals surface area contributed by atoms with Crippen LogP contribution in [0.4, 0.5) is 14.5 Å². The van der Waals surface area contributed by atoms with Crippen LogP contribution in [-0.4, -0.2) is 29.9 Å². The zero-order chi connectivity index (χ0) is 17.3. The van der Waals surface area contributed by atoms with Gasteiger partial charge in [0.05, 0.1) is 12.1 Å². The van der Waals surface area contributed by atoms with Gasteiger partial charge in [0.1, 0.15) is 16.4 Å². The van der Waals surface area contributed by atoms with Crippen molar-refractivity contribution in [3.63, 3.8) is 0 Å². The molecule has 1 heterocycles. The van der Waals surface area contributed by atoms with Crippen molar-refractivity contribution in [1.82, 2.24) is 4.98 Å². The van der Waals surface area contributed by atoms with E-state index in [9.17, 15) is 13.6 Å². The Hall–Kier alpha value is -2.25. The van der Waals surface area contributed by atoms with Crippen LogP contribution in [-0.2, 0) is 0 Å². The van der Waals surface area contributed by atoms with Crippen molar-refractivity contribution in [2.45, 2.75) is 0 Å². The van der Waals surface area contributed by atoms with Crippen LogP contribution in [0.25, 0.3) is 11.3 Å². The standard InChI is InChI=1S/C14H8Cl2F2N2O3/c1-19-11-7(16)12(14(21)22)20-10(9(11)18)5-3-4-6(15)13(23-2)8(5)17/h3-4H,1H2,2H3,(H,21,22). The molecule has 0 atom stereocenters. The Balaban J connectivity index is 2.86. The molecule has 0 unspecified atom stereocenters. The summed E-state index contributed by atoms with van der Waals surface area (Å²) in [5.41, 5.74) is -2.17. The van der Waals surface area contributed by atoms with Crippen LogP contribution in [0.3, 0.4) is 0 Å². The van der Waals surface area contributed by atoms with Crippen LogP contribution in [0.1, 0.15) is 10.5 Å². The minimum atomic E-state index is -1.53. The average molecular weight is 361 g/mol. The molecule has 1 aromatic carbocycles. The molecule has 2 aromatic rings. The predicted octanol–water partition coefficient (Wildman–Crippen LogP) is 4.37. The van der Waals surface area contributed by atoms with Gasteiger partial charge in [0.15, 0.2) is 23.1 Å². The number of carboxylic acid groups (broad SMARTS) is 1. The van der Waals surface area contributed by atoms with Gasteiger partial charge in [0, 0.05) is 5.56 Å². The summed E-state index contributed by atoms with van der Waals surface area (Å²) in [6.07, 6.45) is 0. The van der Waals surface area contributed by atoms with Gasteiger partial charge in [0.2, 0.25) is 0 Å². The van der Waals surface area contributed by atoms with Crippen molar-refractivity contribution in [3.8, 4) is 17.0 Å². The zero-order valence-corrected chi connectivity index (χ0v) is 13.0. The van der Waals surface area contributed by atoms with Crippen molar-refractivity contribution in [2.75, 3.05) is 7.11 Å². The van der Waals surface area contributed by atoms with Gasteiger partial charge in [-0.2, -0.15) is 0 Å². The number of halogens is 4. The second kappa shape index (κ2) is 6.47. The Labute approximate surface area is 139 Å². The Morgan fingerprint density at radius 3 is 2.52 bits per heavy atom. The van der Waals surface area contributed by atoms with Crippen LogP contribution < -0.4 is 4.74 Å². The number of hydrogen-bond acceptors (Lipinski definition) is 4. The van der Waals surface area contributed by atoms with Gasteiger partial charge in [-0.3, -0.25) is 4.99 Å². The maximum atomic E-state index is 14.5. The molecule has 0 saturated heterocycles. The second-order valence-corrected chi connectivity index (χ2v) is 4.98. The quantitative estimate of drug-likeness (QED) is 0.821. The molecule has 2 rings (SSSR count). The van der Waals surface area contributed by atoms with Gasteiger partial charge in [-0.1, -0.05) is 23.2 Å². The van der Waals surface area contributed by atoms with E-state index in [1.807, 2.05) is 0 Å². The van der Waals surface area contributed by atoms with Gasteiger partial charge < -0.3 is 9.84 Å². The van der Waals surface area contributed by atoms with E-state index in [-0.39, 0.29) is 16.3 Å². The molecule has 0 spiro atoms. The lowest BCUT2D eigenvalue weighted by atomic mass is 10.1. The lowest BCUT2D eigenvalue weighted by Gasteiger charge is -2.12. The van der Waals surface area contributed by atoms with E-state index in [2.05, 4.69) is 16.7 Å². The molecule has 120 valence electrons. The Morgan fingerprint density at radius 1 is 1.35 bits per heavy atom. The highest BCUT2D eigenvalue weighted by Gasteiger charge is 2.26. The number of carbonyl (C=O) groups is 1. The van der Waals surface area contributed by atoms with Crippen molar-refractivity contribution < 1.29 is 23.4 Å². The number of pyridine rings is 1. The van der Waals surface area contributed by atoms with E-state index in [4.69, 9.17) is 33.0 Å². The molecular weight excluding hydrogens is 353 g/mol. The topological polar surface area (TPSA) is 71.8 Å². The van der Waals surface area contributed by atoms with Gasteiger partial charge >= 0.3 is 5.97 Å². The van der Waals surface area contributed by atoms with E-state index >= 15 is 0 Å². The second-order valence-electron chi connectivity index (χ2n) is 4.19. The molecule has 1 N–H and O–H groups in total. The molecule has 5 nitrogen and oxygen atoms in total. The fourth-order valence-electron chi connectivity index (χ4n) is 1.89. The third-order valence-electron chi connectivity index (χ3n) is 2.92. The predicted molar refractivity (Wildman–Crippen MR) is 82.3 cm³/mol. The fourth-order valence-corrected chi connectivity index (χ4v) is 2.38. The largest absolute Gasteiger partial charge is 0.492 e. The molecule has 1 aromatic heterocycles. The number of carboxylic acids is 1. The first-order valence-electron chi connectivity index (χ1n) is 5.94. The van der Waals surface area contributed by atoms with E-state index in [0.717, 1.165) is 6.07 Å². The highest BCUT2D eigenvalue weighted by Crippen LogP contribution is 2.39. The molecule has 9 heteroatoms. The number of hydrogen-bond donors (Lipinski definition) is 1. The number of nitrogens with zero attached hydrogens (tertiary/aromatic N) is 2. The Kier molecular flexibility index (Phi) is 4.82. The molecule has 0 aliphatic heterocycles. The summed E-state index contributed by atoms with van der Waals surface area (Å²) in [5.74, 6) is -3.97. The van der Waals surface area contributed by atoms with E-state index in [1.165, 1.54) is 13.2 Å². The first-order valence-corrected chi connectivity index (χ1v) is 6.70. The summed E-state index contributed by atoms with van der Waals surface area (Å²) in [6, 6.07) is 2.40. The normalized spacial score (nSPS) is 10.5. The average Bonchev–Trinajstić information content (AvgIpc) is 2.49. The molecule has 0 aliphatic carbocycles. The number of ether oxygens (including phenoxy) is 1. The number of aromatic carboxylic acids is 1. The smallest absolute Gasteiger partial charge is 0.356 e. The van der Waals surface area contributed by atoms with Gasteiger partial charge in [-0.25, -0.2) is 18.6 Å². The molecule has 0 amide bonds. The summed E-state index contributed by atoms with van der Waals surface area (Å²) in [6.45, 7) is 3.12. The Morgan fingerprint density at radius 2 is 2.00 bits per heavy atom. The van der Waals surface area contributed by atoms with Gasteiger partial charge in [-0.15, -0.1) is 0 Å². The maximum absolute atomic E-state index is 14.5. The third kappa shape index (κ3) is 2.85. The fraction of sp³-hybridized carbons (Fsp3) is 0.0714. The SMILES string of the molecule is C=Nc1c(F)c(-c2ccc(Cl)c(OC)c2F)nc(C(=O)O)c1Cl. The molecule has 0 bridgehead atoms. The number of benzene rings is 1. The maximum Gasteiger partial charge on any atom is 0.356 e. The lowest BCUT2D eigenvalue weighted by molar-refractivity contribution is 0.0691. The van der Waals surface area contributed by atoms with Crippen LogP contribution in [0, 0.1) is 11.6 Å². The Bertz CT molecular complexity index is 828. The molecule has 0 saturated carbocycles. The van der Waals surface area contributed by atoms with Crippen molar-refractivity contribution in [2.24, 2.45) is 4.99 Å². The monoisotopic (exact) mass is 360 g/mol. The van der Waals surface area contributed by atoms with Gasteiger partial charge in [0.25, 0.3) is 0 Å². The number of aliphatic imine (C=N–C) groups is 1. The summed E-state index contributed by atoms with van der Waals surface area (Å²) >= 11 is 11.5. The van der Waals surface area contributed by atoms with Crippen LogP contribution in [0.15, 0.2) is 17.1 Å². The number of rotatable bonds is 4. The zero-order valence-electron chi connectivity index (χ0n) is 11.5. The summed E-state index contributed by atoms with van der Waals surface area (Å²) in [5, 5.41) is 8.52. The van der Waals surface area contributed by atoms with Crippen molar-refractivity contribution in [1.29, 1.82) is 0 Å². The highest BCUT2D eigenvalue weighted by atomic mass is 35.5. The van der Waals surface area contributed by atoms with Crippen LogP contribution >= 0.6 is 23.2 Å². The van der Waals surface area contributed by atoms with E-state index in [1.54, 1.807) is 0 Å².